The number of oxime groups is 1. The SMILES string of the molecule is CN(C)CC(C)(O)CNCc1ccccc1/C(N)=N/O. The number of hydrogen-bond acceptors (Lipinski definition) is 5. The Bertz CT molecular complexity index is 458. The number of nitrogens with two attached hydrogens (primary N) is 1. The van der Waals surface area contributed by atoms with E-state index in [1.54, 1.807) is 13.0 Å². The maximum absolute atomic E-state index is 10.2. The van der Waals surface area contributed by atoms with Gasteiger partial charge in [-0.05, 0) is 26.6 Å². The van der Waals surface area contributed by atoms with Crippen molar-refractivity contribution in [1.29, 1.82) is 0 Å². The van der Waals surface area contributed by atoms with Gasteiger partial charge < -0.3 is 26.3 Å². The van der Waals surface area contributed by atoms with Crippen LogP contribution in [0.15, 0.2) is 29.4 Å². The molecule has 0 amide bonds. The van der Waals surface area contributed by atoms with Gasteiger partial charge in [-0.2, -0.15) is 0 Å². The van der Waals surface area contributed by atoms with Crippen molar-refractivity contribution in [3.63, 3.8) is 0 Å². The van der Waals surface area contributed by atoms with Crippen molar-refractivity contribution in [2.45, 2.75) is 19.1 Å². The highest BCUT2D eigenvalue weighted by molar-refractivity contribution is 5.98. The van der Waals surface area contributed by atoms with E-state index in [9.17, 15) is 5.11 Å². The third-order valence-corrected chi connectivity index (χ3v) is 2.88. The Kier molecular flexibility index (Phi) is 5.94. The average molecular weight is 280 g/mol. The van der Waals surface area contributed by atoms with E-state index in [-0.39, 0.29) is 5.84 Å². The van der Waals surface area contributed by atoms with Crippen LogP contribution in [0.2, 0.25) is 0 Å². The predicted molar refractivity (Wildman–Crippen MR) is 79.8 cm³/mol. The fraction of sp³-hybridized carbons (Fsp3) is 0.500. The predicted octanol–water partition coefficient (Wildman–Crippen LogP) is 0.183. The second-order valence-corrected chi connectivity index (χ2v) is 5.48. The highest BCUT2D eigenvalue weighted by Gasteiger charge is 2.20. The minimum Gasteiger partial charge on any atom is -0.409 e. The van der Waals surface area contributed by atoms with E-state index in [1.807, 2.05) is 37.2 Å². The molecule has 0 radical (unpaired) electrons. The molecule has 6 heteroatoms. The summed E-state index contributed by atoms with van der Waals surface area (Å²) >= 11 is 0. The molecule has 0 saturated heterocycles. The molecule has 0 aliphatic heterocycles. The summed E-state index contributed by atoms with van der Waals surface area (Å²) in [6.45, 7) is 3.35. The Labute approximate surface area is 119 Å². The molecule has 0 saturated carbocycles. The Morgan fingerprint density at radius 1 is 1.40 bits per heavy atom. The molecule has 1 atom stereocenters. The van der Waals surface area contributed by atoms with Crippen molar-refractivity contribution < 1.29 is 10.3 Å². The smallest absolute Gasteiger partial charge is 0.170 e. The maximum atomic E-state index is 10.2. The summed E-state index contributed by atoms with van der Waals surface area (Å²) in [6, 6.07) is 7.42. The molecule has 0 aliphatic carbocycles. The quantitative estimate of drug-likeness (QED) is 0.247. The highest BCUT2D eigenvalue weighted by Crippen LogP contribution is 2.09. The molecule has 1 aromatic rings. The third kappa shape index (κ3) is 5.16. The van der Waals surface area contributed by atoms with Gasteiger partial charge in [-0.1, -0.05) is 29.4 Å². The Hall–Kier alpha value is -1.63. The lowest BCUT2D eigenvalue weighted by molar-refractivity contribution is 0.0336. The van der Waals surface area contributed by atoms with Crippen LogP contribution in [0.5, 0.6) is 0 Å². The lowest BCUT2D eigenvalue weighted by Crippen LogP contribution is -2.45. The number of likely N-dealkylation sites (N-methyl/N-ethyl adjacent to an activating group) is 1. The van der Waals surface area contributed by atoms with Gasteiger partial charge in [-0.15, -0.1) is 0 Å². The number of hydrogen-bond donors (Lipinski definition) is 4. The first-order valence-electron chi connectivity index (χ1n) is 6.49. The number of amidine groups is 1. The minimum atomic E-state index is -0.810. The van der Waals surface area contributed by atoms with Crippen molar-refractivity contribution in [3.8, 4) is 0 Å². The van der Waals surface area contributed by atoms with Gasteiger partial charge in [0, 0.05) is 25.2 Å². The summed E-state index contributed by atoms with van der Waals surface area (Å²) in [7, 11) is 3.84. The van der Waals surface area contributed by atoms with Crippen molar-refractivity contribution in [1.82, 2.24) is 10.2 Å². The summed E-state index contributed by atoms with van der Waals surface area (Å²) in [5, 5.41) is 25.2. The van der Waals surface area contributed by atoms with Crippen LogP contribution in [0.4, 0.5) is 0 Å². The fourth-order valence-electron chi connectivity index (χ4n) is 2.18. The Balaban J connectivity index is 2.63. The molecule has 0 fully saturated rings. The van der Waals surface area contributed by atoms with Gasteiger partial charge in [0.05, 0.1) is 5.60 Å². The number of nitrogens with zero attached hydrogens (tertiary/aromatic N) is 2. The lowest BCUT2D eigenvalue weighted by Gasteiger charge is -2.27. The van der Waals surface area contributed by atoms with Crippen LogP contribution >= 0.6 is 0 Å². The van der Waals surface area contributed by atoms with Gasteiger partial charge in [0.25, 0.3) is 0 Å². The summed E-state index contributed by atoms with van der Waals surface area (Å²) in [5.74, 6) is 0.0856. The molecule has 0 bridgehead atoms. The van der Waals surface area contributed by atoms with Gasteiger partial charge in [0.15, 0.2) is 5.84 Å². The molecular formula is C14H24N4O2. The fourth-order valence-corrected chi connectivity index (χ4v) is 2.18. The van der Waals surface area contributed by atoms with Crippen LogP contribution in [0, 0.1) is 0 Å². The molecule has 20 heavy (non-hydrogen) atoms. The number of benzene rings is 1. The van der Waals surface area contributed by atoms with Crippen LogP contribution in [-0.4, -0.2) is 53.8 Å². The molecular weight excluding hydrogens is 256 g/mol. The summed E-state index contributed by atoms with van der Waals surface area (Å²) < 4.78 is 0. The molecule has 0 heterocycles. The van der Waals surface area contributed by atoms with Gasteiger partial charge in [-0.25, -0.2) is 0 Å². The van der Waals surface area contributed by atoms with E-state index in [0.717, 1.165) is 5.56 Å². The molecule has 1 aromatic carbocycles. The van der Waals surface area contributed by atoms with E-state index < -0.39 is 5.60 Å². The van der Waals surface area contributed by atoms with E-state index in [0.29, 0.717) is 25.2 Å². The summed E-state index contributed by atoms with van der Waals surface area (Å²) in [5.41, 5.74) is 6.43. The number of nitrogens with one attached hydrogen (secondary N) is 1. The number of aliphatic hydroxyl groups is 1. The van der Waals surface area contributed by atoms with Gasteiger partial charge in [0.2, 0.25) is 0 Å². The van der Waals surface area contributed by atoms with E-state index in [2.05, 4.69) is 10.5 Å². The standard InChI is InChI=1S/C14H24N4O2/c1-14(19,10-18(2)3)9-16-8-11-6-4-5-7-12(11)13(15)17-20/h4-7,16,19-20H,8-10H2,1-3H3,(H2,15,17). The van der Waals surface area contributed by atoms with Crippen LogP contribution in [0.25, 0.3) is 0 Å². The first kappa shape index (κ1) is 16.4. The van der Waals surface area contributed by atoms with E-state index in [4.69, 9.17) is 10.9 Å². The third-order valence-electron chi connectivity index (χ3n) is 2.88. The molecule has 112 valence electrons. The molecule has 1 unspecified atom stereocenters. The molecule has 0 aromatic heterocycles. The highest BCUT2D eigenvalue weighted by atomic mass is 16.4. The van der Waals surface area contributed by atoms with Crippen LogP contribution in [0.3, 0.4) is 0 Å². The second kappa shape index (κ2) is 7.23. The van der Waals surface area contributed by atoms with Gasteiger partial charge >= 0.3 is 0 Å². The van der Waals surface area contributed by atoms with Gasteiger partial charge in [0.1, 0.15) is 0 Å². The van der Waals surface area contributed by atoms with Crippen LogP contribution in [0.1, 0.15) is 18.1 Å². The molecule has 6 nitrogen and oxygen atoms in total. The zero-order valence-corrected chi connectivity index (χ0v) is 12.3. The van der Waals surface area contributed by atoms with Crippen molar-refractivity contribution >= 4 is 5.84 Å². The zero-order chi connectivity index (χ0) is 15.2. The first-order chi connectivity index (χ1) is 9.35. The average Bonchev–Trinajstić information content (AvgIpc) is 2.36. The first-order valence-corrected chi connectivity index (χ1v) is 6.49. The van der Waals surface area contributed by atoms with E-state index in [1.165, 1.54) is 0 Å². The molecule has 0 spiro atoms. The van der Waals surface area contributed by atoms with Gasteiger partial charge in [-0.3, -0.25) is 0 Å². The Morgan fingerprint density at radius 2 is 2.05 bits per heavy atom. The van der Waals surface area contributed by atoms with Crippen LogP contribution < -0.4 is 11.1 Å². The maximum Gasteiger partial charge on any atom is 0.170 e. The molecule has 1 rings (SSSR count). The van der Waals surface area contributed by atoms with Crippen molar-refractivity contribution in [3.05, 3.63) is 35.4 Å². The minimum absolute atomic E-state index is 0.0856. The monoisotopic (exact) mass is 280 g/mol. The second-order valence-electron chi connectivity index (χ2n) is 5.48. The summed E-state index contributed by atoms with van der Waals surface area (Å²) in [4.78, 5) is 1.94. The molecule has 5 N–H and O–H groups in total. The van der Waals surface area contributed by atoms with Crippen molar-refractivity contribution in [2.75, 3.05) is 27.2 Å². The zero-order valence-electron chi connectivity index (χ0n) is 12.3. The van der Waals surface area contributed by atoms with E-state index >= 15 is 0 Å². The normalized spacial score (nSPS) is 15.3. The van der Waals surface area contributed by atoms with Crippen molar-refractivity contribution in [2.24, 2.45) is 10.9 Å². The lowest BCUT2D eigenvalue weighted by atomic mass is 10.0. The molecule has 0 aliphatic rings. The Morgan fingerprint density at radius 3 is 2.65 bits per heavy atom. The largest absolute Gasteiger partial charge is 0.409 e. The van der Waals surface area contributed by atoms with Crippen LogP contribution in [-0.2, 0) is 6.54 Å². The topological polar surface area (TPSA) is 94.1 Å². The summed E-state index contributed by atoms with van der Waals surface area (Å²) in [6.07, 6.45) is 0. The number of rotatable bonds is 7.